The molecule has 0 N–H and O–H groups in total. The molecule has 0 aliphatic carbocycles. The molecule has 0 saturated carbocycles. The third-order valence-electron chi connectivity index (χ3n) is 2.31. The molecule has 0 fully saturated rings. The molecule has 2 heterocycles. The van der Waals surface area contributed by atoms with E-state index in [0.29, 0.717) is 0 Å². The van der Waals surface area contributed by atoms with Crippen molar-refractivity contribution in [3.8, 4) is 5.75 Å². The molecule has 0 atom stereocenters. The van der Waals surface area contributed by atoms with Gasteiger partial charge in [0, 0.05) is 11.8 Å². The van der Waals surface area contributed by atoms with Crippen molar-refractivity contribution in [1.29, 1.82) is 0 Å². The highest BCUT2D eigenvalue weighted by Gasteiger charge is 2.29. The van der Waals surface area contributed by atoms with Gasteiger partial charge in [0.05, 0.1) is 0 Å². The van der Waals surface area contributed by atoms with Crippen LogP contribution < -0.4 is 4.74 Å². The van der Waals surface area contributed by atoms with Gasteiger partial charge in [0.2, 0.25) is 0 Å². The summed E-state index contributed by atoms with van der Waals surface area (Å²) < 4.78 is 46.0. The summed E-state index contributed by atoms with van der Waals surface area (Å²) in [6.45, 7) is -1.47. The Morgan fingerprint density at radius 2 is 2.14 bits per heavy atom. The summed E-state index contributed by atoms with van der Waals surface area (Å²) in [6, 6.07) is 4.39. The molecule has 4 nitrogen and oxygen atoms in total. The highest BCUT2D eigenvalue weighted by atomic mass is 32.1. The first-order valence-corrected chi connectivity index (χ1v) is 6.73. The van der Waals surface area contributed by atoms with E-state index in [4.69, 9.17) is 4.74 Å². The van der Waals surface area contributed by atoms with Crippen LogP contribution in [0.4, 0.5) is 13.2 Å². The molecule has 0 amide bonds. The highest BCUT2D eigenvalue weighted by molar-refractivity contribution is 7.07. The largest absolute Gasteiger partial charge is 0.482 e. The molecule has 0 unspecified atom stereocenters. The molecule has 0 aromatic carbocycles. The van der Waals surface area contributed by atoms with Gasteiger partial charge in [-0.1, -0.05) is 0 Å². The number of carbonyl (C=O) groups is 1. The molecule has 112 valence electrons. The summed E-state index contributed by atoms with van der Waals surface area (Å²) in [7, 11) is 0. The van der Waals surface area contributed by atoms with Crippen LogP contribution in [0.2, 0.25) is 0 Å². The van der Waals surface area contributed by atoms with E-state index in [1.54, 1.807) is 11.4 Å². The van der Waals surface area contributed by atoms with Gasteiger partial charge in [-0.3, -0.25) is 0 Å². The molecule has 2 aromatic rings. The van der Waals surface area contributed by atoms with Gasteiger partial charge in [-0.15, -0.1) is 0 Å². The first-order valence-electron chi connectivity index (χ1n) is 5.78. The van der Waals surface area contributed by atoms with E-state index in [1.807, 2.05) is 5.38 Å². The van der Waals surface area contributed by atoms with E-state index < -0.39 is 18.8 Å². The van der Waals surface area contributed by atoms with E-state index in [9.17, 15) is 18.0 Å². The molecule has 0 spiro atoms. The van der Waals surface area contributed by atoms with Crippen LogP contribution in [0.1, 0.15) is 16.1 Å². The third kappa shape index (κ3) is 4.75. The maximum absolute atomic E-state index is 12.1. The predicted octanol–water partition coefficient (Wildman–Crippen LogP) is 3.44. The number of pyridine rings is 1. The molecular formula is C13H10F3NO3S. The molecule has 21 heavy (non-hydrogen) atoms. The number of ether oxygens (including phenoxy) is 2. The van der Waals surface area contributed by atoms with Gasteiger partial charge in [-0.05, 0) is 29.0 Å². The quantitative estimate of drug-likeness (QED) is 0.793. The normalized spacial score (nSPS) is 11.2. The number of thiophene rings is 1. The number of aromatic nitrogens is 1. The Bertz CT molecular complexity index is 599. The smallest absolute Gasteiger partial charge is 0.422 e. The monoisotopic (exact) mass is 317 g/mol. The van der Waals surface area contributed by atoms with E-state index >= 15 is 0 Å². The lowest BCUT2D eigenvalue weighted by molar-refractivity contribution is -0.153. The number of hydrogen-bond donors (Lipinski definition) is 0. The van der Waals surface area contributed by atoms with Gasteiger partial charge in [-0.2, -0.15) is 24.5 Å². The Balaban J connectivity index is 2.02. The summed E-state index contributed by atoms with van der Waals surface area (Å²) in [5.74, 6) is -1.09. The van der Waals surface area contributed by atoms with Crippen LogP contribution in [-0.2, 0) is 11.3 Å². The number of nitrogens with zero attached hydrogens (tertiary/aromatic N) is 1. The van der Waals surface area contributed by atoms with Crippen molar-refractivity contribution in [2.75, 3.05) is 6.61 Å². The van der Waals surface area contributed by atoms with Gasteiger partial charge in [0.1, 0.15) is 6.61 Å². The number of halogens is 3. The Morgan fingerprint density at radius 3 is 2.81 bits per heavy atom. The minimum absolute atomic E-state index is 0.0254. The lowest BCUT2D eigenvalue weighted by Crippen LogP contribution is -2.20. The topological polar surface area (TPSA) is 48.4 Å². The number of alkyl halides is 3. The molecule has 2 rings (SSSR count). The number of carbonyl (C=O) groups excluding carboxylic acids is 1. The van der Waals surface area contributed by atoms with Crippen molar-refractivity contribution in [3.63, 3.8) is 0 Å². The minimum atomic E-state index is -4.49. The van der Waals surface area contributed by atoms with Crippen LogP contribution in [-0.4, -0.2) is 23.7 Å². The summed E-state index contributed by atoms with van der Waals surface area (Å²) in [4.78, 5) is 15.6. The van der Waals surface area contributed by atoms with Gasteiger partial charge in [0.25, 0.3) is 0 Å². The van der Waals surface area contributed by atoms with Gasteiger partial charge in [0.15, 0.2) is 18.1 Å². The maximum atomic E-state index is 12.1. The Hall–Kier alpha value is -2.09. The minimum Gasteiger partial charge on any atom is -0.482 e. The van der Waals surface area contributed by atoms with Crippen LogP contribution in [0.3, 0.4) is 0 Å². The molecule has 0 radical (unpaired) electrons. The third-order valence-corrected chi connectivity index (χ3v) is 3.04. The zero-order chi connectivity index (χ0) is 15.3. The molecule has 0 aliphatic rings. The molecule has 0 bridgehead atoms. The Labute approximate surface area is 122 Å². The van der Waals surface area contributed by atoms with Crippen molar-refractivity contribution in [2.24, 2.45) is 0 Å². The predicted molar refractivity (Wildman–Crippen MR) is 69.2 cm³/mol. The van der Waals surface area contributed by atoms with Crippen molar-refractivity contribution in [1.82, 2.24) is 4.98 Å². The second-order valence-corrected chi connectivity index (χ2v) is 4.74. The molecule has 0 saturated heterocycles. The second kappa shape index (κ2) is 6.57. The lowest BCUT2D eigenvalue weighted by atomic mass is 10.3. The fourth-order valence-corrected chi connectivity index (χ4v) is 2.07. The summed E-state index contributed by atoms with van der Waals surface area (Å²) in [5, 5.41) is 3.62. The SMILES string of the molecule is O=C(OCc1ccsc1)c1ncccc1OCC(F)(F)F. The number of hydrogen-bond acceptors (Lipinski definition) is 5. The fraction of sp³-hybridized carbons (Fsp3) is 0.231. The average molecular weight is 317 g/mol. The number of rotatable bonds is 5. The van der Waals surface area contributed by atoms with Gasteiger partial charge >= 0.3 is 12.1 Å². The standard InChI is InChI=1S/C13H10F3NO3S/c14-13(15,16)8-20-10-2-1-4-17-11(10)12(18)19-6-9-3-5-21-7-9/h1-5,7H,6,8H2. The molecule has 8 heteroatoms. The average Bonchev–Trinajstić information content (AvgIpc) is 2.95. The Morgan fingerprint density at radius 1 is 1.33 bits per heavy atom. The van der Waals surface area contributed by atoms with Crippen molar-refractivity contribution in [2.45, 2.75) is 12.8 Å². The van der Waals surface area contributed by atoms with Crippen LogP contribution >= 0.6 is 11.3 Å². The second-order valence-electron chi connectivity index (χ2n) is 3.96. The van der Waals surface area contributed by atoms with Crippen LogP contribution in [0.5, 0.6) is 5.75 Å². The summed E-state index contributed by atoms with van der Waals surface area (Å²) in [6.07, 6.45) is -3.21. The highest BCUT2D eigenvalue weighted by Crippen LogP contribution is 2.21. The van der Waals surface area contributed by atoms with E-state index in [1.165, 1.54) is 29.7 Å². The van der Waals surface area contributed by atoms with Crippen LogP contribution in [0.25, 0.3) is 0 Å². The molecular weight excluding hydrogens is 307 g/mol. The zero-order valence-corrected chi connectivity index (χ0v) is 11.4. The zero-order valence-electron chi connectivity index (χ0n) is 10.6. The van der Waals surface area contributed by atoms with Crippen LogP contribution in [0.15, 0.2) is 35.2 Å². The van der Waals surface area contributed by atoms with E-state index in [0.717, 1.165) is 5.56 Å². The summed E-state index contributed by atoms with van der Waals surface area (Å²) in [5.41, 5.74) is 0.513. The first-order chi connectivity index (χ1) is 9.96. The lowest BCUT2D eigenvalue weighted by Gasteiger charge is -2.11. The van der Waals surface area contributed by atoms with Gasteiger partial charge in [-0.25, -0.2) is 9.78 Å². The Kier molecular flexibility index (Phi) is 4.79. The fourth-order valence-electron chi connectivity index (χ4n) is 1.41. The number of esters is 1. The van der Waals surface area contributed by atoms with Crippen molar-refractivity contribution < 1.29 is 27.4 Å². The van der Waals surface area contributed by atoms with Crippen molar-refractivity contribution in [3.05, 3.63) is 46.4 Å². The maximum Gasteiger partial charge on any atom is 0.422 e. The van der Waals surface area contributed by atoms with Gasteiger partial charge < -0.3 is 9.47 Å². The van der Waals surface area contributed by atoms with Crippen LogP contribution in [0, 0.1) is 0 Å². The molecule has 0 aliphatic heterocycles. The van der Waals surface area contributed by atoms with E-state index in [-0.39, 0.29) is 18.1 Å². The summed E-state index contributed by atoms with van der Waals surface area (Å²) >= 11 is 1.44. The first kappa shape index (κ1) is 15.3. The molecule has 2 aromatic heterocycles. The van der Waals surface area contributed by atoms with E-state index in [2.05, 4.69) is 9.72 Å². The van der Waals surface area contributed by atoms with Crippen molar-refractivity contribution >= 4 is 17.3 Å².